The maximum absolute atomic E-state index is 11.4. The molecule has 8 heteroatoms. The number of aromatic hydroxyl groups is 2. The molecule has 0 atom stereocenters. The maximum Gasteiger partial charge on any atom is 0.335 e. The van der Waals surface area contributed by atoms with Gasteiger partial charge in [-0.1, -0.05) is 24.3 Å². The fourth-order valence-electron chi connectivity index (χ4n) is 3.73. The van der Waals surface area contributed by atoms with Crippen molar-refractivity contribution in [1.82, 2.24) is 0 Å². The number of hydrogen-bond acceptors (Lipinski definition) is 6. The number of nitrogen functional groups attached to an aromatic ring is 2. The second-order valence-electron chi connectivity index (χ2n) is 7.70. The molecule has 0 spiro atoms. The number of anilines is 2. The van der Waals surface area contributed by atoms with Crippen molar-refractivity contribution in [2.75, 3.05) is 11.5 Å². The summed E-state index contributed by atoms with van der Waals surface area (Å²) < 4.78 is 0. The molecule has 0 amide bonds. The van der Waals surface area contributed by atoms with Crippen LogP contribution in [0.5, 0.6) is 11.5 Å². The van der Waals surface area contributed by atoms with Gasteiger partial charge in [0.2, 0.25) is 0 Å². The van der Waals surface area contributed by atoms with E-state index in [4.69, 9.17) is 11.5 Å². The van der Waals surface area contributed by atoms with Crippen LogP contribution in [-0.4, -0.2) is 32.4 Å². The van der Waals surface area contributed by atoms with Gasteiger partial charge in [0.15, 0.2) is 0 Å². The number of phenolic OH excluding ortho intramolecular Hbond substituents is 2. The van der Waals surface area contributed by atoms with Crippen LogP contribution in [0.2, 0.25) is 0 Å². The number of aromatic carboxylic acids is 2. The highest BCUT2D eigenvalue weighted by molar-refractivity contribution is 5.93. The smallest absolute Gasteiger partial charge is 0.335 e. The van der Waals surface area contributed by atoms with E-state index in [0.717, 1.165) is 0 Å². The van der Waals surface area contributed by atoms with Gasteiger partial charge in [-0.05, 0) is 70.8 Å². The highest BCUT2D eigenvalue weighted by atomic mass is 16.4. The highest BCUT2D eigenvalue weighted by Crippen LogP contribution is 2.42. The van der Waals surface area contributed by atoms with Crippen LogP contribution in [0, 0.1) is 0 Å². The van der Waals surface area contributed by atoms with E-state index in [9.17, 15) is 30.0 Å². The molecule has 0 bridgehead atoms. The van der Waals surface area contributed by atoms with Gasteiger partial charge in [-0.25, -0.2) is 9.59 Å². The SMILES string of the molecule is Nc1cc(-c2cc(N)c(O)c(-c3cccc(C(=O)O)c3)c2)cc(-c2cccc(C(=O)O)c2)c1O. The summed E-state index contributed by atoms with van der Waals surface area (Å²) >= 11 is 0. The zero-order valence-corrected chi connectivity index (χ0v) is 17.7. The molecule has 0 aliphatic heterocycles. The predicted octanol–water partition coefficient (Wildman–Crippen LogP) is 4.66. The normalized spacial score (nSPS) is 10.7. The van der Waals surface area contributed by atoms with Crippen molar-refractivity contribution in [2.45, 2.75) is 0 Å². The number of hydrogen-bond donors (Lipinski definition) is 6. The Hall–Kier alpha value is -4.98. The molecule has 0 radical (unpaired) electrons. The fraction of sp³-hybridized carbons (Fsp3) is 0. The average Bonchev–Trinajstić information content (AvgIpc) is 2.82. The summed E-state index contributed by atoms with van der Waals surface area (Å²) in [5.41, 5.74) is 15.0. The fourth-order valence-corrected chi connectivity index (χ4v) is 3.73. The Balaban J connectivity index is 1.89. The first kappa shape index (κ1) is 22.2. The first-order valence-corrected chi connectivity index (χ1v) is 10.1. The van der Waals surface area contributed by atoms with E-state index in [1.165, 1.54) is 36.4 Å². The molecule has 0 heterocycles. The third-order valence-corrected chi connectivity index (χ3v) is 5.45. The van der Waals surface area contributed by atoms with Crippen LogP contribution >= 0.6 is 0 Å². The third kappa shape index (κ3) is 4.07. The first-order valence-electron chi connectivity index (χ1n) is 10.1. The van der Waals surface area contributed by atoms with Crippen LogP contribution in [0.25, 0.3) is 33.4 Å². The molecule has 0 unspecified atom stereocenters. The molecule has 0 saturated heterocycles. The summed E-state index contributed by atoms with van der Waals surface area (Å²) in [7, 11) is 0. The summed E-state index contributed by atoms with van der Waals surface area (Å²) in [4.78, 5) is 22.7. The lowest BCUT2D eigenvalue weighted by molar-refractivity contribution is 0.0686. The number of rotatable bonds is 5. The van der Waals surface area contributed by atoms with Crippen molar-refractivity contribution in [3.05, 3.63) is 83.9 Å². The molecular weight excluding hydrogens is 436 g/mol. The van der Waals surface area contributed by atoms with Crippen molar-refractivity contribution >= 4 is 23.3 Å². The second-order valence-corrected chi connectivity index (χ2v) is 7.70. The second kappa shape index (κ2) is 8.51. The van der Waals surface area contributed by atoms with Gasteiger partial charge in [-0.2, -0.15) is 0 Å². The van der Waals surface area contributed by atoms with Crippen molar-refractivity contribution in [3.63, 3.8) is 0 Å². The number of benzene rings is 4. The molecular formula is C26H20N2O6. The van der Waals surface area contributed by atoms with E-state index < -0.39 is 11.9 Å². The van der Waals surface area contributed by atoms with E-state index in [2.05, 4.69) is 0 Å². The minimum atomic E-state index is -1.11. The predicted molar refractivity (Wildman–Crippen MR) is 129 cm³/mol. The van der Waals surface area contributed by atoms with Gasteiger partial charge in [0.1, 0.15) is 11.5 Å². The Kier molecular flexibility index (Phi) is 5.56. The van der Waals surface area contributed by atoms with E-state index >= 15 is 0 Å². The molecule has 4 rings (SSSR count). The summed E-state index contributed by atoms with van der Waals surface area (Å²) in [6.45, 7) is 0. The van der Waals surface area contributed by atoms with Gasteiger partial charge >= 0.3 is 11.9 Å². The molecule has 4 aromatic rings. The quantitative estimate of drug-likeness (QED) is 0.186. The molecule has 4 aromatic carbocycles. The van der Waals surface area contributed by atoms with Gasteiger partial charge < -0.3 is 31.9 Å². The van der Waals surface area contributed by atoms with E-state index in [1.807, 2.05) is 0 Å². The topological polar surface area (TPSA) is 167 Å². The standard InChI is InChI=1S/C26H20N2O6/c27-21-11-17(9-19(23(21)29)13-3-1-5-15(7-13)25(31)32)18-10-20(24(30)22(28)12-18)14-4-2-6-16(8-14)26(33)34/h1-12,29-30H,27-28H2,(H,31,32)(H,33,34). The van der Waals surface area contributed by atoms with Crippen LogP contribution in [0.15, 0.2) is 72.8 Å². The minimum Gasteiger partial charge on any atom is -0.505 e. The summed E-state index contributed by atoms with van der Waals surface area (Å²) in [6.07, 6.45) is 0. The van der Waals surface area contributed by atoms with Gasteiger partial charge in [-0.15, -0.1) is 0 Å². The highest BCUT2D eigenvalue weighted by Gasteiger charge is 2.17. The van der Waals surface area contributed by atoms with Gasteiger partial charge in [-0.3, -0.25) is 0 Å². The molecule has 8 N–H and O–H groups in total. The lowest BCUT2D eigenvalue weighted by Gasteiger charge is -2.15. The molecule has 170 valence electrons. The zero-order chi connectivity index (χ0) is 24.6. The van der Waals surface area contributed by atoms with Crippen LogP contribution in [-0.2, 0) is 0 Å². The zero-order valence-electron chi connectivity index (χ0n) is 17.7. The number of phenols is 2. The maximum atomic E-state index is 11.4. The average molecular weight is 456 g/mol. The Morgan fingerprint density at radius 3 is 1.29 bits per heavy atom. The van der Waals surface area contributed by atoms with Crippen LogP contribution in [0.4, 0.5) is 11.4 Å². The number of carbonyl (C=O) groups is 2. The molecule has 0 aliphatic rings. The largest absolute Gasteiger partial charge is 0.505 e. The monoisotopic (exact) mass is 456 g/mol. The Labute approximate surface area is 194 Å². The Morgan fingerprint density at radius 2 is 0.941 bits per heavy atom. The lowest BCUT2D eigenvalue weighted by Crippen LogP contribution is -1.97. The number of nitrogens with two attached hydrogens (primary N) is 2. The van der Waals surface area contributed by atoms with Crippen LogP contribution in [0.3, 0.4) is 0 Å². The van der Waals surface area contributed by atoms with Crippen molar-refractivity contribution in [2.24, 2.45) is 0 Å². The minimum absolute atomic E-state index is 0.0513. The molecule has 8 nitrogen and oxygen atoms in total. The number of carboxylic acids is 2. The molecule has 0 saturated carbocycles. The van der Waals surface area contributed by atoms with E-state index in [0.29, 0.717) is 33.4 Å². The van der Waals surface area contributed by atoms with Crippen LogP contribution < -0.4 is 11.5 Å². The van der Waals surface area contributed by atoms with Crippen LogP contribution in [0.1, 0.15) is 20.7 Å². The first-order chi connectivity index (χ1) is 16.2. The summed E-state index contributed by atoms with van der Waals surface area (Å²) in [5.74, 6) is -2.62. The van der Waals surface area contributed by atoms with E-state index in [-0.39, 0.29) is 34.0 Å². The molecule has 0 fully saturated rings. The van der Waals surface area contributed by atoms with E-state index in [1.54, 1.807) is 36.4 Å². The van der Waals surface area contributed by atoms with Crippen molar-refractivity contribution < 1.29 is 30.0 Å². The molecule has 0 aliphatic carbocycles. The Morgan fingerprint density at radius 1 is 0.559 bits per heavy atom. The summed E-state index contributed by atoms with van der Waals surface area (Å²) in [6, 6.07) is 18.5. The Bertz CT molecular complexity index is 1350. The van der Waals surface area contributed by atoms with Crippen molar-refractivity contribution in [1.29, 1.82) is 0 Å². The van der Waals surface area contributed by atoms with Crippen molar-refractivity contribution in [3.8, 4) is 44.9 Å². The van der Waals surface area contributed by atoms with Gasteiger partial charge in [0.05, 0.1) is 22.5 Å². The molecule has 34 heavy (non-hydrogen) atoms. The van der Waals surface area contributed by atoms with Gasteiger partial charge in [0.25, 0.3) is 0 Å². The lowest BCUT2D eigenvalue weighted by atomic mass is 9.93. The van der Waals surface area contributed by atoms with Gasteiger partial charge in [0, 0.05) is 11.1 Å². The third-order valence-electron chi connectivity index (χ3n) is 5.45. The molecule has 0 aromatic heterocycles. The number of carboxylic acid groups (broad SMARTS) is 2. The summed E-state index contributed by atoms with van der Waals surface area (Å²) in [5, 5.41) is 39.7.